The third kappa shape index (κ3) is 5.99. The summed E-state index contributed by atoms with van der Waals surface area (Å²) in [5.74, 6) is 2.91. The molecule has 1 N–H and O–H groups in total. The molecule has 0 saturated carbocycles. The van der Waals surface area contributed by atoms with Gasteiger partial charge in [0.05, 0.1) is 12.6 Å². The lowest BCUT2D eigenvalue weighted by molar-refractivity contribution is 0.0263. The Morgan fingerprint density at radius 1 is 1.35 bits per heavy atom. The summed E-state index contributed by atoms with van der Waals surface area (Å²) in [6.45, 7) is 12.5. The summed E-state index contributed by atoms with van der Waals surface area (Å²) in [4.78, 5) is 7.12. The second-order valence-electron chi connectivity index (χ2n) is 5.75. The van der Waals surface area contributed by atoms with Crippen molar-refractivity contribution in [3.63, 3.8) is 0 Å². The number of ether oxygens (including phenoxy) is 1. The van der Waals surface area contributed by atoms with Crippen LogP contribution in [0.15, 0.2) is 15.5 Å². The van der Waals surface area contributed by atoms with Gasteiger partial charge in [-0.25, -0.2) is 4.99 Å². The third-order valence-electron chi connectivity index (χ3n) is 4.02. The average Bonchev–Trinajstić information content (AvgIpc) is 2.83. The van der Waals surface area contributed by atoms with Crippen LogP contribution in [0.25, 0.3) is 0 Å². The minimum Gasteiger partial charge on any atom is -0.466 e. The van der Waals surface area contributed by atoms with Gasteiger partial charge in [-0.15, -0.1) is 24.0 Å². The molecule has 1 aromatic heterocycles. The number of nitrogens with one attached hydrogen (secondary N) is 1. The quantitative estimate of drug-likeness (QED) is 0.437. The van der Waals surface area contributed by atoms with Gasteiger partial charge in [0.25, 0.3) is 0 Å². The van der Waals surface area contributed by atoms with Crippen molar-refractivity contribution in [2.75, 3.05) is 26.2 Å². The zero-order valence-electron chi connectivity index (χ0n) is 14.7. The minimum atomic E-state index is 0. The average molecular weight is 435 g/mol. The Hall–Kier alpha value is -0.760. The lowest BCUT2D eigenvalue weighted by Gasteiger charge is -2.34. The van der Waals surface area contributed by atoms with Gasteiger partial charge in [-0.1, -0.05) is 0 Å². The molecule has 1 aliphatic heterocycles. The second-order valence-corrected chi connectivity index (χ2v) is 5.75. The number of likely N-dealkylation sites (tertiary alicyclic amines) is 1. The summed E-state index contributed by atoms with van der Waals surface area (Å²) < 4.78 is 11.3. The lowest BCUT2D eigenvalue weighted by atomic mass is 10.1. The Morgan fingerprint density at radius 3 is 2.57 bits per heavy atom. The van der Waals surface area contributed by atoms with Gasteiger partial charge in [0, 0.05) is 31.8 Å². The summed E-state index contributed by atoms with van der Waals surface area (Å²) in [6, 6.07) is 2.07. The Bertz CT molecular complexity index is 494. The molecule has 0 spiro atoms. The van der Waals surface area contributed by atoms with Crippen LogP contribution in [0.2, 0.25) is 0 Å². The Kier molecular flexibility index (Phi) is 8.98. The first kappa shape index (κ1) is 20.3. The van der Waals surface area contributed by atoms with E-state index >= 15 is 0 Å². The molecule has 0 atom stereocenters. The number of furan rings is 1. The van der Waals surface area contributed by atoms with Crippen molar-refractivity contribution in [1.29, 1.82) is 0 Å². The van der Waals surface area contributed by atoms with Crippen molar-refractivity contribution >= 4 is 29.9 Å². The Balaban J connectivity index is 0.00000264. The first-order valence-corrected chi connectivity index (χ1v) is 8.34. The minimum absolute atomic E-state index is 0. The smallest absolute Gasteiger partial charge is 0.194 e. The highest BCUT2D eigenvalue weighted by Crippen LogP contribution is 2.16. The van der Waals surface area contributed by atoms with E-state index in [9.17, 15) is 0 Å². The Morgan fingerprint density at radius 2 is 2.04 bits per heavy atom. The molecule has 0 amide bonds. The number of aryl methyl sites for hydroxylation is 2. The molecule has 0 unspecified atom stereocenters. The molecule has 23 heavy (non-hydrogen) atoms. The highest BCUT2D eigenvalue weighted by Gasteiger charge is 2.21. The highest BCUT2D eigenvalue weighted by molar-refractivity contribution is 14.0. The number of hydrogen-bond acceptors (Lipinski definition) is 3. The van der Waals surface area contributed by atoms with E-state index in [2.05, 4.69) is 30.1 Å². The molecule has 0 bridgehead atoms. The number of halogens is 1. The maximum atomic E-state index is 5.72. The molecule has 1 aliphatic rings. The Labute approximate surface area is 156 Å². The van der Waals surface area contributed by atoms with Gasteiger partial charge in [0.2, 0.25) is 0 Å². The van der Waals surface area contributed by atoms with Gasteiger partial charge in [-0.3, -0.25) is 0 Å². The number of piperidine rings is 1. The number of guanidine groups is 1. The van der Waals surface area contributed by atoms with Gasteiger partial charge < -0.3 is 19.4 Å². The molecular weight excluding hydrogens is 405 g/mol. The van der Waals surface area contributed by atoms with Crippen LogP contribution >= 0.6 is 24.0 Å². The highest BCUT2D eigenvalue weighted by atomic mass is 127. The van der Waals surface area contributed by atoms with Crippen molar-refractivity contribution < 1.29 is 9.15 Å². The topological polar surface area (TPSA) is 50.0 Å². The van der Waals surface area contributed by atoms with Crippen molar-refractivity contribution in [3.05, 3.63) is 23.2 Å². The van der Waals surface area contributed by atoms with Crippen molar-refractivity contribution in [2.24, 2.45) is 4.99 Å². The van der Waals surface area contributed by atoms with Crippen LogP contribution < -0.4 is 5.32 Å². The third-order valence-corrected chi connectivity index (χ3v) is 4.02. The summed E-state index contributed by atoms with van der Waals surface area (Å²) >= 11 is 0. The molecule has 5 nitrogen and oxygen atoms in total. The zero-order valence-corrected chi connectivity index (χ0v) is 17.1. The maximum Gasteiger partial charge on any atom is 0.194 e. The van der Waals surface area contributed by atoms with Crippen LogP contribution in [0.1, 0.15) is 43.8 Å². The molecule has 0 radical (unpaired) electrons. The van der Waals surface area contributed by atoms with E-state index < -0.39 is 0 Å². The zero-order chi connectivity index (χ0) is 15.9. The van der Waals surface area contributed by atoms with Crippen LogP contribution in [0, 0.1) is 13.8 Å². The monoisotopic (exact) mass is 435 g/mol. The fourth-order valence-electron chi connectivity index (χ4n) is 2.90. The molecule has 2 rings (SSSR count). The number of nitrogens with zero attached hydrogens (tertiary/aromatic N) is 2. The van der Waals surface area contributed by atoms with E-state index in [-0.39, 0.29) is 24.0 Å². The van der Waals surface area contributed by atoms with Crippen LogP contribution in [0.4, 0.5) is 0 Å². The van der Waals surface area contributed by atoms with Gasteiger partial charge >= 0.3 is 0 Å². The van der Waals surface area contributed by atoms with Crippen LogP contribution in [0.3, 0.4) is 0 Å². The second kappa shape index (κ2) is 10.2. The molecule has 132 valence electrons. The summed E-state index contributed by atoms with van der Waals surface area (Å²) in [5.41, 5.74) is 1.16. The number of rotatable bonds is 5. The van der Waals surface area contributed by atoms with Crippen molar-refractivity contribution in [3.8, 4) is 0 Å². The first-order valence-electron chi connectivity index (χ1n) is 8.34. The predicted molar refractivity (Wildman–Crippen MR) is 105 cm³/mol. The van der Waals surface area contributed by atoms with E-state index in [1.54, 1.807) is 0 Å². The van der Waals surface area contributed by atoms with E-state index in [0.717, 1.165) is 62.1 Å². The summed E-state index contributed by atoms with van der Waals surface area (Å²) in [6.07, 6.45) is 2.55. The summed E-state index contributed by atoms with van der Waals surface area (Å²) in [5, 5.41) is 3.40. The van der Waals surface area contributed by atoms with E-state index in [1.807, 2.05) is 13.8 Å². The summed E-state index contributed by atoms with van der Waals surface area (Å²) in [7, 11) is 0. The van der Waals surface area contributed by atoms with Gasteiger partial charge in [0.15, 0.2) is 5.96 Å². The van der Waals surface area contributed by atoms with Gasteiger partial charge in [0.1, 0.15) is 11.5 Å². The first-order chi connectivity index (χ1) is 10.6. The van der Waals surface area contributed by atoms with E-state index in [0.29, 0.717) is 12.6 Å². The fourth-order valence-corrected chi connectivity index (χ4v) is 2.90. The molecule has 2 heterocycles. The van der Waals surface area contributed by atoms with Crippen LogP contribution in [-0.4, -0.2) is 43.2 Å². The largest absolute Gasteiger partial charge is 0.466 e. The number of aliphatic imine (C=N–C) groups is 1. The lowest BCUT2D eigenvalue weighted by Crippen LogP contribution is -2.47. The maximum absolute atomic E-state index is 5.72. The van der Waals surface area contributed by atoms with E-state index in [4.69, 9.17) is 14.1 Å². The molecule has 6 heteroatoms. The standard InChI is InChI=1S/C17H29N3O2.HI/c1-5-18-17(19-12-15-11-13(3)22-14(15)4)20-9-7-16(8-10-20)21-6-2;/h11,16H,5-10,12H2,1-4H3,(H,18,19);1H. The van der Waals surface area contributed by atoms with Gasteiger partial charge in [-0.2, -0.15) is 0 Å². The number of hydrogen-bond donors (Lipinski definition) is 1. The van der Waals surface area contributed by atoms with Crippen LogP contribution in [0.5, 0.6) is 0 Å². The van der Waals surface area contributed by atoms with E-state index in [1.165, 1.54) is 0 Å². The van der Waals surface area contributed by atoms with Crippen molar-refractivity contribution in [1.82, 2.24) is 10.2 Å². The van der Waals surface area contributed by atoms with Crippen LogP contribution in [-0.2, 0) is 11.3 Å². The van der Waals surface area contributed by atoms with Crippen molar-refractivity contribution in [2.45, 2.75) is 53.2 Å². The fraction of sp³-hybridized carbons (Fsp3) is 0.706. The van der Waals surface area contributed by atoms with Gasteiger partial charge in [-0.05, 0) is 46.6 Å². The molecule has 1 fully saturated rings. The SMILES string of the molecule is CCNC(=NCc1cc(C)oc1C)N1CCC(OCC)CC1.I. The molecule has 0 aromatic carbocycles. The molecule has 1 aromatic rings. The molecule has 0 aliphatic carbocycles. The molecular formula is C17H30IN3O2. The molecule has 1 saturated heterocycles. The normalized spacial score (nSPS) is 16.3. The predicted octanol–water partition coefficient (Wildman–Crippen LogP) is 3.48.